The van der Waals surface area contributed by atoms with E-state index in [1.807, 2.05) is 0 Å². The minimum Gasteiger partial charge on any atom is -0.465 e. The number of nitrogens with one attached hydrogen (secondary N) is 1. The first-order valence-electron chi connectivity index (χ1n) is 7.92. The highest BCUT2D eigenvalue weighted by atomic mass is 16.5. The lowest BCUT2D eigenvalue weighted by atomic mass is 10.1. The van der Waals surface area contributed by atoms with Crippen LogP contribution in [0.1, 0.15) is 42.9 Å². The van der Waals surface area contributed by atoms with Crippen molar-refractivity contribution in [2.24, 2.45) is 0 Å². The number of ether oxygens (including phenoxy) is 1. The van der Waals surface area contributed by atoms with E-state index >= 15 is 0 Å². The van der Waals surface area contributed by atoms with Crippen LogP contribution in [0.25, 0.3) is 10.9 Å². The molecule has 1 aromatic heterocycles. The molecule has 0 spiro atoms. The maximum atomic E-state index is 12.2. The van der Waals surface area contributed by atoms with Gasteiger partial charge in [0.2, 0.25) is 0 Å². The molecule has 0 saturated heterocycles. The highest BCUT2D eigenvalue weighted by Crippen LogP contribution is 2.12. The monoisotopic (exact) mass is 317 g/mol. The van der Waals surface area contributed by atoms with Gasteiger partial charge in [0.1, 0.15) is 5.82 Å². The molecule has 0 saturated carbocycles. The second-order valence-electron chi connectivity index (χ2n) is 5.51. The van der Waals surface area contributed by atoms with Crippen molar-refractivity contribution in [3.05, 3.63) is 39.9 Å². The lowest BCUT2D eigenvalue weighted by Crippen LogP contribution is -2.27. The van der Waals surface area contributed by atoms with Crippen molar-refractivity contribution in [1.82, 2.24) is 14.9 Å². The topological polar surface area (TPSA) is 75.3 Å². The van der Waals surface area contributed by atoms with Crippen LogP contribution in [0.15, 0.2) is 23.0 Å². The summed E-state index contributed by atoms with van der Waals surface area (Å²) in [6.07, 6.45) is 2.09. The zero-order chi connectivity index (χ0) is 16.8. The van der Waals surface area contributed by atoms with E-state index in [4.69, 9.17) is 4.74 Å². The number of benzene rings is 1. The van der Waals surface area contributed by atoms with Crippen LogP contribution < -0.4 is 5.56 Å². The highest BCUT2D eigenvalue weighted by Gasteiger charge is 2.11. The highest BCUT2D eigenvalue weighted by molar-refractivity contribution is 5.93. The van der Waals surface area contributed by atoms with Gasteiger partial charge in [-0.2, -0.15) is 0 Å². The molecule has 23 heavy (non-hydrogen) atoms. The molecule has 6 nitrogen and oxygen atoms in total. The minimum absolute atomic E-state index is 0.186. The van der Waals surface area contributed by atoms with Crippen LogP contribution in [0.2, 0.25) is 0 Å². The number of hydrogen-bond acceptors (Lipinski definition) is 5. The molecule has 1 aromatic carbocycles. The van der Waals surface area contributed by atoms with Gasteiger partial charge in [-0.05, 0) is 44.1 Å². The van der Waals surface area contributed by atoms with Crippen molar-refractivity contribution >= 4 is 16.9 Å². The van der Waals surface area contributed by atoms with Gasteiger partial charge in [0.05, 0.1) is 30.1 Å². The van der Waals surface area contributed by atoms with E-state index in [2.05, 4.69) is 28.7 Å². The van der Waals surface area contributed by atoms with Gasteiger partial charge < -0.3 is 9.72 Å². The number of fused-ring (bicyclic) bond motifs is 1. The van der Waals surface area contributed by atoms with E-state index in [0.29, 0.717) is 28.8 Å². The van der Waals surface area contributed by atoms with E-state index in [0.717, 1.165) is 25.9 Å². The van der Waals surface area contributed by atoms with Crippen LogP contribution in [-0.4, -0.2) is 41.0 Å². The van der Waals surface area contributed by atoms with Crippen molar-refractivity contribution < 1.29 is 9.53 Å². The summed E-state index contributed by atoms with van der Waals surface area (Å²) in [6, 6.07) is 4.78. The quantitative estimate of drug-likeness (QED) is 0.793. The van der Waals surface area contributed by atoms with Crippen LogP contribution >= 0.6 is 0 Å². The van der Waals surface area contributed by atoms with Crippen molar-refractivity contribution in [2.45, 2.75) is 33.2 Å². The molecule has 0 fully saturated rings. The fraction of sp³-hybridized carbons (Fsp3) is 0.471. The molecule has 0 amide bonds. The largest absolute Gasteiger partial charge is 0.465 e. The Hall–Kier alpha value is -2.21. The van der Waals surface area contributed by atoms with Gasteiger partial charge in [0, 0.05) is 0 Å². The van der Waals surface area contributed by atoms with E-state index < -0.39 is 5.97 Å². The first kappa shape index (κ1) is 17.1. The van der Waals surface area contributed by atoms with E-state index in [-0.39, 0.29) is 5.56 Å². The number of rotatable bonds is 7. The average Bonchev–Trinajstić information content (AvgIpc) is 2.54. The number of carbonyl (C=O) groups is 1. The fourth-order valence-electron chi connectivity index (χ4n) is 2.62. The lowest BCUT2D eigenvalue weighted by molar-refractivity contribution is 0.0601. The predicted octanol–water partition coefficient (Wildman–Crippen LogP) is 2.33. The van der Waals surface area contributed by atoms with Gasteiger partial charge in [0.25, 0.3) is 5.56 Å². The first-order valence-corrected chi connectivity index (χ1v) is 7.92. The molecule has 6 heteroatoms. The Morgan fingerprint density at radius 2 is 1.96 bits per heavy atom. The Morgan fingerprint density at radius 3 is 2.57 bits per heavy atom. The van der Waals surface area contributed by atoms with Gasteiger partial charge in [-0.1, -0.05) is 13.8 Å². The summed E-state index contributed by atoms with van der Waals surface area (Å²) < 4.78 is 4.71. The number of methoxy groups -OCH3 is 1. The number of aromatic amines is 1. The van der Waals surface area contributed by atoms with E-state index in [9.17, 15) is 9.59 Å². The number of esters is 1. The Kier molecular flexibility index (Phi) is 5.87. The third-order valence-electron chi connectivity index (χ3n) is 3.63. The molecule has 0 radical (unpaired) electrons. The summed E-state index contributed by atoms with van der Waals surface area (Å²) in [6.45, 7) is 6.76. The number of nitrogens with zero attached hydrogens (tertiary/aromatic N) is 2. The zero-order valence-corrected chi connectivity index (χ0v) is 13.9. The predicted molar refractivity (Wildman–Crippen MR) is 89.6 cm³/mol. The van der Waals surface area contributed by atoms with Gasteiger partial charge >= 0.3 is 5.97 Å². The molecule has 0 aliphatic carbocycles. The summed E-state index contributed by atoms with van der Waals surface area (Å²) in [5.41, 5.74) is 0.719. The second kappa shape index (κ2) is 7.87. The van der Waals surface area contributed by atoms with Crippen LogP contribution in [0, 0.1) is 0 Å². The Morgan fingerprint density at radius 1 is 1.26 bits per heavy atom. The summed E-state index contributed by atoms with van der Waals surface area (Å²) in [5.74, 6) is 0.181. The molecule has 0 aliphatic heterocycles. The average molecular weight is 317 g/mol. The second-order valence-corrected chi connectivity index (χ2v) is 5.51. The van der Waals surface area contributed by atoms with Crippen molar-refractivity contribution in [3.8, 4) is 0 Å². The summed E-state index contributed by atoms with van der Waals surface area (Å²) >= 11 is 0. The molecular formula is C17H23N3O3. The van der Waals surface area contributed by atoms with E-state index in [1.54, 1.807) is 18.2 Å². The molecular weight excluding hydrogens is 294 g/mol. The normalized spacial score (nSPS) is 11.1. The maximum Gasteiger partial charge on any atom is 0.337 e. The van der Waals surface area contributed by atoms with E-state index in [1.165, 1.54) is 7.11 Å². The van der Waals surface area contributed by atoms with Crippen LogP contribution in [0.4, 0.5) is 0 Å². The number of H-pyrrole nitrogens is 1. The minimum atomic E-state index is -0.436. The molecule has 2 aromatic rings. The molecule has 124 valence electrons. The van der Waals surface area contributed by atoms with Crippen LogP contribution in [0.3, 0.4) is 0 Å². The summed E-state index contributed by atoms with van der Waals surface area (Å²) in [7, 11) is 1.33. The smallest absolute Gasteiger partial charge is 0.337 e. The van der Waals surface area contributed by atoms with Gasteiger partial charge in [-0.3, -0.25) is 9.69 Å². The summed E-state index contributed by atoms with van der Waals surface area (Å²) in [5, 5.41) is 0.471. The molecule has 1 N–H and O–H groups in total. The molecule has 0 atom stereocenters. The summed E-state index contributed by atoms with van der Waals surface area (Å²) in [4.78, 5) is 33.5. The van der Waals surface area contributed by atoms with Gasteiger partial charge in [-0.15, -0.1) is 0 Å². The Balaban J connectivity index is 2.37. The molecule has 0 aliphatic rings. The fourth-order valence-corrected chi connectivity index (χ4v) is 2.62. The van der Waals surface area contributed by atoms with Crippen LogP contribution in [-0.2, 0) is 11.3 Å². The lowest BCUT2D eigenvalue weighted by Gasteiger charge is -2.20. The van der Waals surface area contributed by atoms with Gasteiger partial charge in [0.15, 0.2) is 0 Å². The SMILES string of the molecule is CCCN(CCC)Cc1nc2cc(C(=O)OC)ccc2c(=O)[nH]1. The molecule has 2 rings (SSSR count). The number of aromatic nitrogens is 2. The van der Waals surface area contributed by atoms with Gasteiger partial charge in [-0.25, -0.2) is 9.78 Å². The molecule has 0 unspecified atom stereocenters. The van der Waals surface area contributed by atoms with Crippen molar-refractivity contribution in [1.29, 1.82) is 0 Å². The van der Waals surface area contributed by atoms with Crippen LogP contribution in [0.5, 0.6) is 0 Å². The maximum absolute atomic E-state index is 12.2. The van der Waals surface area contributed by atoms with Crippen molar-refractivity contribution in [3.63, 3.8) is 0 Å². The Labute approximate surface area is 135 Å². The number of hydrogen-bond donors (Lipinski definition) is 1. The standard InChI is InChI=1S/C17H23N3O3/c1-4-8-20(9-5-2)11-15-18-14-10-12(17(22)23-3)6-7-13(14)16(21)19-15/h6-7,10H,4-5,8-9,11H2,1-3H3,(H,18,19,21). The molecule has 1 heterocycles. The van der Waals surface area contributed by atoms with Crippen molar-refractivity contribution in [2.75, 3.05) is 20.2 Å². The zero-order valence-electron chi connectivity index (χ0n) is 13.9. The third-order valence-corrected chi connectivity index (χ3v) is 3.63. The number of carbonyl (C=O) groups excluding carboxylic acids is 1. The first-order chi connectivity index (χ1) is 11.1. The Bertz CT molecular complexity index is 733. The third kappa shape index (κ3) is 4.16. The molecule has 0 bridgehead atoms.